The van der Waals surface area contributed by atoms with Crippen LogP contribution in [0.25, 0.3) is 0 Å². The highest BCUT2D eigenvalue weighted by Gasteiger charge is 2.16. The fraction of sp³-hybridized carbons (Fsp3) is 0.286. The highest BCUT2D eigenvalue weighted by molar-refractivity contribution is 6.01. The molecule has 0 spiro atoms. The van der Waals surface area contributed by atoms with Crippen LogP contribution in [-0.2, 0) is 20.9 Å². The maximum absolute atomic E-state index is 12.4. The van der Waals surface area contributed by atoms with Crippen LogP contribution in [-0.4, -0.2) is 43.4 Å². The Labute approximate surface area is 164 Å². The summed E-state index contributed by atoms with van der Waals surface area (Å²) >= 11 is 0. The van der Waals surface area contributed by atoms with Crippen LogP contribution in [0.2, 0.25) is 0 Å². The van der Waals surface area contributed by atoms with Gasteiger partial charge in [-0.1, -0.05) is 30.3 Å². The first kappa shape index (κ1) is 21.0. The minimum Gasteiger partial charge on any atom is -0.496 e. The van der Waals surface area contributed by atoms with Gasteiger partial charge in [-0.3, -0.25) is 9.59 Å². The van der Waals surface area contributed by atoms with Gasteiger partial charge in [-0.2, -0.15) is 0 Å². The van der Waals surface area contributed by atoms with Crippen molar-refractivity contribution in [2.24, 2.45) is 0 Å². The molecule has 28 heavy (non-hydrogen) atoms. The van der Waals surface area contributed by atoms with E-state index in [0.717, 1.165) is 5.56 Å². The summed E-state index contributed by atoms with van der Waals surface area (Å²) in [5.74, 6) is -0.293. The average Bonchev–Trinajstić information content (AvgIpc) is 2.70. The third-order valence-electron chi connectivity index (χ3n) is 4.21. The number of rotatable bonds is 8. The fourth-order valence-corrected chi connectivity index (χ4v) is 2.72. The number of carbonyl (C=O) groups is 3. The Balaban J connectivity index is 2.01. The molecule has 0 aromatic heterocycles. The van der Waals surface area contributed by atoms with E-state index in [1.54, 1.807) is 36.3 Å². The molecule has 0 atom stereocenters. The lowest BCUT2D eigenvalue weighted by molar-refractivity contribution is -0.129. The van der Waals surface area contributed by atoms with Gasteiger partial charge in [-0.05, 0) is 18.2 Å². The molecule has 0 heterocycles. The standard InChI is InChI=1S/C21H24N2O5/c1-15(24)23(14-16-8-4-7-11-19(16)27-2)13-12-20(25)22-18-10-6-5-9-17(18)21(26)28-3/h4-11H,12-14H2,1-3H3,(H,22,25). The second kappa shape index (κ2) is 10.1. The van der Waals surface area contributed by atoms with Crippen LogP contribution >= 0.6 is 0 Å². The average molecular weight is 384 g/mol. The van der Waals surface area contributed by atoms with E-state index in [1.807, 2.05) is 24.3 Å². The van der Waals surface area contributed by atoms with Crippen LogP contribution in [0.15, 0.2) is 48.5 Å². The monoisotopic (exact) mass is 384 g/mol. The highest BCUT2D eigenvalue weighted by atomic mass is 16.5. The summed E-state index contributed by atoms with van der Waals surface area (Å²) in [4.78, 5) is 37.7. The first-order valence-electron chi connectivity index (χ1n) is 8.80. The molecule has 0 fully saturated rings. The van der Waals surface area contributed by atoms with Gasteiger partial charge in [0, 0.05) is 32.0 Å². The number of anilines is 1. The Kier molecular flexibility index (Phi) is 7.56. The first-order valence-corrected chi connectivity index (χ1v) is 8.80. The van der Waals surface area contributed by atoms with Gasteiger partial charge in [0.15, 0.2) is 0 Å². The molecule has 1 N–H and O–H groups in total. The number of nitrogens with one attached hydrogen (secondary N) is 1. The normalized spacial score (nSPS) is 10.1. The van der Waals surface area contributed by atoms with E-state index in [2.05, 4.69) is 5.32 Å². The van der Waals surface area contributed by atoms with Crippen molar-refractivity contribution in [2.75, 3.05) is 26.1 Å². The molecule has 0 aliphatic rings. The molecule has 0 aliphatic heterocycles. The van der Waals surface area contributed by atoms with Gasteiger partial charge >= 0.3 is 5.97 Å². The Morgan fingerprint density at radius 2 is 1.68 bits per heavy atom. The Morgan fingerprint density at radius 3 is 2.36 bits per heavy atom. The van der Waals surface area contributed by atoms with Crippen LogP contribution in [0.5, 0.6) is 5.75 Å². The quantitative estimate of drug-likeness (QED) is 0.708. The summed E-state index contributed by atoms with van der Waals surface area (Å²) < 4.78 is 10.0. The summed E-state index contributed by atoms with van der Waals surface area (Å²) in [7, 11) is 2.85. The first-order chi connectivity index (χ1) is 13.5. The van der Waals surface area contributed by atoms with E-state index < -0.39 is 5.97 Å². The SMILES string of the molecule is COC(=O)c1ccccc1NC(=O)CCN(Cc1ccccc1OC)C(C)=O. The summed E-state index contributed by atoms with van der Waals surface area (Å²) in [5.41, 5.74) is 1.51. The number of ether oxygens (including phenoxy) is 2. The number of para-hydroxylation sites is 2. The number of esters is 1. The van der Waals surface area contributed by atoms with E-state index >= 15 is 0 Å². The van der Waals surface area contributed by atoms with E-state index in [9.17, 15) is 14.4 Å². The molecular formula is C21H24N2O5. The molecule has 2 amide bonds. The van der Waals surface area contributed by atoms with E-state index in [1.165, 1.54) is 14.0 Å². The van der Waals surface area contributed by atoms with Crippen molar-refractivity contribution in [1.29, 1.82) is 0 Å². The molecule has 0 saturated heterocycles. The van der Waals surface area contributed by atoms with Crippen molar-refractivity contribution in [3.05, 3.63) is 59.7 Å². The maximum Gasteiger partial charge on any atom is 0.339 e. The van der Waals surface area contributed by atoms with Crippen molar-refractivity contribution in [1.82, 2.24) is 4.90 Å². The van der Waals surface area contributed by atoms with Gasteiger partial charge in [0.1, 0.15) is 5.75 Å². The van der Waals surface area contributed by atoms with Crippen molar-refractivity contribution in [3.8, 4) is 5.75 Å². The molecule has 2 rings (SSSR count). The van der Waals surface area contributed by atoms with Gasteiger partial charge in [-0.15, -0.1) is 0 Å². The molecule has 0 bridgehead atoms. The third-order valence-corrected chi connectivity index (χ3v) is 4.21. The lowest BCUT2D eigenvalue weighted by atomic mass is 10.1. The predicted molar refractivity (Wildman–Crippen MR) is 105 cm³/mol. The zero-order valence-electron chi connectivity index (χ0n) is 16.2. The van der Waals surface area contributed by atoms with Crippen molar-refractivity contribution in [3.63, 3.8) is 0 Å². The second-order valence-electron chi connectivity index (χ2n) is 6.09. The highest BCUT2D eigenvalue weighted by Crippen LogP contribution is 2.20. The number of amides is 2. The number of methoxy groups -OCH3 is 2. The van der Waals surface area contributed by atoms with Crippen LogP contribution < -0.4 is 10.1 Å². The molecule has 0 saturated carbocycles. The van der Waals surface area contributed by atoms with Crippen molar-refractivity contribution in [2.45, 2.75) is 19.9 Å². The lowest BCUT2D eigenvalue weighted by Gasteiger charge is -2.22. The summed E-state index contributed by atoms with van der Waals surface area (Å²) in [6.07, 6.45) is 0.0875. The van der Waals surface area contributed by atoms with Crippen LogP contribution in [0.1, 0.15) is 29.3 Å². The smallest absolute Gasteiger partial charge is 0.339 e. The van der Waals surface area contributed by atoms with Crippen LogP contribution in [0.3, 0.4) is 0 Å². The summed E-state index contributed by atoms with van der Waals surface area (Å²) in [6.45, 7) is 2.03. The number of hydrogen-bond donors (Lipinski definition) is 1. The molecule has 2 aromatic carbocycles. The van der Waals surface area contributed by atoms with Gasteiger partial charge in [0.25, 0.3) is 0 Å². The molecular weight excluding hydrogens is 360 g/mol. The number of hydrogen-bond acceptors (Lipinski definition) is 5. The predicted octanol–water partition coefficient (Wildman–Crippen LogP) is 2.86. The summed E-state index contributed by atoms with van der Waals surface area (Å²) in [6, 6.07) is 14.0. The second-order valence-corrected chi connectivity index (χ2v) is 6.09. The number of nitrogens with zero attached hydrogens (tertiary/aromatic N) is 1. The number of benzene rings is 2. The zero-order chi connectivity index (χ0) is 20.5. The van der Waals surface area contributed by atoms with Gasteiger partial charge in [0.05, 0.1) is 25.5 Å². The van der Waals surface area contributed by atoms with Crippen LogP contribution in [0, 0.1) is 0 Å². The van der Waals surface area contributed by atoms with Gasteiger partial charge < -0.3 is 19.7 Å². The molecule has 7 nitrogen and oxygen atoms in total. The Hall–Kier alpha value is -3.35. The Bertz CT molecular complexity index is 850. The number of carbonyl (C=O) groups excluding carboxylic acids is 3. The molecule has 0 radical (unpaired) electrons. The minimum absolute atomic E-state index is 0.0875. The summed E-state index contributed by atoms with van der Waals surface area (Å²) in [5, 5.41) is 2.70. The van der Waals surface area contributed by atoms with E-state index in [0.29, 0.717) is 18.0 Å². The minimum atomic E-state index is -0.530. The van der Waals surface area contributed by atoms with Crippen molar-refractivity contribution >= 4 is 23.5 Å². The van der Waals surface area contributed by atoms with Gasteiger partial charge in [0.2, 0.25) is 11.8 Å². The molecule has 148 valence electrons. The largest absolute Gasteiger partial charge is 0.496 e. The molecule has 0 aliphatic carbocycles. The van der Waals surface area contributed by atoms with Crippen LogP contribution in [0.4, 0.5) is 5.69 Å². The maximum atomic E-state index is 12.4. The third kappa shape index (κ3) is 5.57. The lowest BCUT2D eigenvalue weighted by Crippen LogP contribution is -2.31. The Morgan fingerprint density at radius 1 is 1.00 bits per heavy atom. The molecule has 0 unspecified atom stereocenters. The topological polar surface area (TPSA) is 84.9 Å². The van der Waals surface area contributed by atoms with E-state index in [-0.39, 0.29) is 30.3 Å². The van der Waals surface area contributed by atoms with Gasteiger partial charge in [-0.25, -0.2) is 4.79 Å². The van der Waals surface area contributed by atoms with Crippen molar-refractivity contribution < 1.29 is 23.9 Å². The molecule has 2 aromatic rings. The zero-order valence-corrected chi connectivity index (χ0v) is 16.2. The van der Waals surface area contributed by atoms with E-state index in [4.69, 9.17) is 9.47 Å². The fourth-order valence-electron chi connectivity index (χ4n) is 2.72. The molecule has 7 heteroatoms.